The van der Waals surface area contributed by atoms with Crippen LogP contribution in [0.1, 0.15) is 52.0 Å². The number of thiol groups is 1. The molecule has 1 aromatic heterocycles. The highest BCUT2D eigenvalue weighted by Gasteiger charge is 2.41. The normalized spacial score (nSPS) is 15.8. The van der Waals surface area contributed by atoms with E-state index in [-0.39, 0.29) is 18.0 Å². The molecule has 0 aliphatic rings. The molecule has 0 saturated carbocycles. The number of rotatable bonds is 6. The number of hydrogen-bond acceptors (Lipinski definition) is 4. The highest BCUT2D eigenvalue weighted by atomic mass is 32.1. The summed E-state index contributed by atoms with van der Waals surface area (Å²) in [7, 11) is 0. The fourth-order valence-electron chi connectivity index (χ4n) is 2.89. The summed E-state index contributed by atoms with van der Waals surface area (Å²) in [5.41, 5.74) is -1.53. The number of halogens is 2. The fraction of sp³-hybridized carbons (Fsp3) is 0.556. The quantitative estimate of drug-likeness (QED) is 0.750. The third-order valence-electron chi connectivity index (χ3n) is 4.89. The van der Waals surface area contributed by atoms with Crippen molar-refractivity contribution < 1.29 is 13.9 Å². The number of aromatic nitrogens is 3. The molecule has 0 spiro atoms. The molecule has 0 amide bonds. The Hall–Kier alpha value is -1.47. The summed E-state index contributed by atoms with van der Waals surface area (Å²) in [5.74, 6) is -1.47. The van der Waals surface area contributed by atoms with Crippen molar-refractivity contribution in [2.24, 2.45) is 5.41 Å². The van der Waals surface area contributed by atoms with E-state index in [1.807, 2.05) is 20.8 Å². The number of nitrogens with zero attached hydrogens (tertiary/aromatic N) is 3. The van der Waals surface area contributed by atoms with Gasteiger partial charge >= 0.3 is 0 Å². The first-order valence-corrected chi connectivity index (χ1v) is 8.73. The smallest absolute Gasteiger partial charge is 0.183 e. The van der Waals surface area contributed by atoms with Crippen LogP contribution in [0.5, 0.6) is 0 Å². The Morgan fingerprint density at radius 2 is 1.84 bits per heavy atom. The van der Waals surface area contributed by atoms with Crippen molar-refractivity contribution in [3.05, 3.63) is 41.7 Å². The van der Waals surface area contributed by atoms with Crippen LogP contribution < -0.4 is 0 Å². The van der Waals surface area contributed by atoms with E-state index in [4.69, 9.17) is 0 Å². The highest BCUT2D eigenvalue weighted by Crippen LogP contribution is 2.38. The number of aliphatic hydroxyl groups is 1. The van der Waals surface area contributed by atoms with E-state index in [0.717, 1.165) is 0 Å². The number of hydrogen-bond donors (Lipinski definition) is 2. The van der Waals surface area contributed by atoms with Crippen LogP contribution in [0.3, 0.4) is 0 Å². The lowest BCUT2D eigenvalue weighted by atomic mass is 9.72. The van der Waals surface area contributed by atoms with E-state index < -0.39 is 22.7 Å². The average molecular weight is 369 g/mol. The van der Waals surface area contributed by atoms with Crippen LogP contribution in [-0.4, -0.2) is 25.5 Å². The first kappa shape index (κ1) is 19.8. The molecule has 2 unspecified atom stereocenters. The Labute approximate surface area is 152 Å². The second kappa shape index (κ2) is 7.41. The zero-order chi connectivity index (χ0) is 18.8. The molecule has 2 atom stereocenters. The molecule has 2 aromatic rings. The maximum absolute atomic E-state index is 14.0. The zero-order valence-corrected chi connectivity index (χ0v) is 15.9. The van der Waals surface area contributed by atoms with E-state index >= 15 is 0 Å². The van der Waals surface area contributed by atoms with Crippen molar-refractivity contribution in [2.75, 3.05) is 0 Å². The van der Waals surface area contributed by atoms with Crippen molar-refractivity contribution >= 4 is 12.6 Å². The van der Waals surface area contributed by atoms with Crippen LogP contribution in [-0.2, 0) is 6.54 Å². The van der Waals surface area contributed by atoms with Crippen LogP contribution in [0.15, 0.2) is 29.7 Å². The summed E-state index contributed by atoms with van der Waals surface area (Å²) < 4.78 is 29.5. The molecule has 138 valence electrons. The molecular formula is C18H25F2N3OS. The molecule has 7 heteroatoms. The standard InChI is InChI=1S/C18H25F2N3OS/c1-12(15-13(19)6-5-7-14(15)20)8-9-18(24,17(2,3)4)10-23-16(25)21-11-22-23/h5-7,11-12,24H,8-10H2,1-4H3,(H,21,22,25). The van der Waals surface area contributed by atoms with Gasteiger partial charge in [0.1, 0.15) is 18.0 Å². The maximum atomic E-state index is 14.0. The van der Waals surface area contributed by atoms with Crippen molar-refractivity contribution in [2.45, 2.75) is 63.8 Å². The lowest BCUT2D eigenvalue weighted by Gasteiger charge is -2.41. The summed E-state index contributed by atoms with van der Waals surface area (Å²) in [4.78, 5) is 3.95. The van der Waals surface area contributed by atoms with Gasteiger partial charge in [-0.2, -0.15) is 5.10 Å². The van der Waals surface area contributed by atoms with Crippen LogP contribution in [0.4, 0.5) is 8.78 Å². The third kappa shape index (κ3) is 4.39. The van der Waals surface area contributed by atoms with Gasteiger partial charge in [-0.1, -0.05) is 33.8 Å². The minimum atomic E-state index is -1.13. The first-order chi connectivity index (χ1) is 11.5. The molecular weight excluding hydrogens is 344 g/mol. The second-order valence-electron chi connectivity index (χ2n) is 7.57. The molecule has 2 rings (SSSR count). The monoisotopic (exact) mass is 369 g/mol. The molecule has 4 nitrogen and oxygen atoms in total. The third-order valence-corrected chi connectivity index (χ3v) is 5.23. The minimum Gasteiger partial charge on any atom is -0.387 e. The lowest BCUT2D eigenvalue weighted by Crippen LogP contribution is -2.47. The average Bonchev–Trinajstić information content (AvgIpc) is 2.89. The predicted molar refractivity (Wildman–Crippen MR) is 95.7 cm³/mol. The van der Waals surface area contributed by atoms with Gasteiger partial charge in [0, 0.05) is 5.56 Å². The van der Waals surface area contributed by atoms with E-state index in [1.54, 1.807) is 6.92 Å². The predicted octanol–water partition coefficient (Wildman–Crippen LogP) is 4.21. The van der Waals surface area contributed by atoms with Gasteiger partial charge in [-0.15, -0.1) is 12.6 Å². The Morgan fingerprint density at radius 3 is 2.32 bits per heavy atom. The van der Waals surface area contributed by atoms with Crippen LogP contribution >= 0.6 is 12.6 Å². The molecule has 0 bridgehead atoms. The lowest BCUT2D eigenvalue weighted by molar-refractivity contribution is -0.0836. The molecule has 1 heterocycles. The van der Waals surface area contributed by atoms with Crippen molar-refractivity contribution in [1.82, 2.24) is 14.8 Å². The molecule has 0 aliphatic carbocycles. The molecule has 0 radical (unpaired) electrons. The molecule has 25 heavy (non-hydrogen) atoms. The van der Waals surface area contributed by atoms with E-state index in [0.29, 0.717) is 18.0 Å². The summed E-state index contributed by atoms with van der Waals surface area (Å²) in [5, 5.41) is 15.8. The first-order valence-electron chi connectivity index (χ1n) is 8.28. The largest absolute Gasteiger partial charge is 0.387 e. The van der Waals surface area contributed by atoms with Crippen molar-refractivity contribution in [3.63, 3.8) is 0 Å². The van der Waals surface area contributed by atoms with Gasteiger partial charge in [0.2, 0.25) is 0 Å². The van der Waals surface area contributed by atoms with Gasteiger partial charge in [0.25, 0.3) is 0 Å². The summed E-state index contributed by atoms with van der Waals surface area (Å²) >= 11 is 4.23. The van der Waals surface area contributed by atoms with Gasteiger partial charge in [-0.05, 0) is 36.3 Å². The summed E-state index contributed by atoms with van der Waals surface area (Å²) in [6, 6.07) is 3.87. The van der Waals surface area contributed by atoms with Crippen LogP contribution in [0.25, 0.3) is 0 Å². The summed E-state index contributed by atoms with van der Waals surface area (Å²) in [6.07, 6.45) is 2.17. The SMILES string of the molecule is CC(CCC(O)(Cn1ncnc1S)C(C)(C)C)c1c(F)cccc1F. The number of benzene rings is 1. The Bertz CT molecular complexity index is 709. The highest BCUT2D eigenvalue weighted by molar-refractivity contribution is 7.80. The molecule has 0 saturated heterocycles. The fourth-order valence-corrected chi connectivity index (χ4v) is 3.06. The van der Waals surface area contributed by atoms with Gasteiger partial charge in [-0.3, -0.25) is 0 Å². The van der Waals surface area contributed by atoms with Crippen molar-refractivity contribution in [3.8, 4) is 0 Å². The molecule has 0 fully saturated rings. The van der Waals surface area contributed by atoms with Gasteiger partial charge in [0.15, 0.2) is 5.16 Å². The van der Waals surface area contributed by atoms with Crippen LogP contribution in [0, 0.1) is 17.0 Å². The Balaban J connectivity index is 2.19. The van der Waals surface area contributed by atoms with E-state index in [9.17, 15) is 13.9 Å². The minimum absolute atomic E-state index is 0.0643. The van der Waals surface area contributed by atoms with Gasteiger partial charge < -0.3 is 5.11 Å². The Morgan fingerprint density at radius 1 is 1.24 bits per heavy atom. The van der Waals surface area contributed by atoms with Gasteiger partial charge in [-0.25, -0.2) is 18.4 Å². The maximum Gasteiger partial charge on any atom is 0.183 e. The van der Waals surface area contributed by atoms with E-state index in [1.165, 1.54) is 29.2 Å². The second-order valence-corrected chi connectivity index (χ2v) is 7.97. The van der Waals surface area contributed by atoms with Crippen molar-refractivity contribution in [1.29, 1.82) is 0 Å². The van der Waals surface area contributed by atoms with Gasteiger partial charge in [0.05, 0.1) is 12.1 Å². The Kier molecular flexibility index (Phi) is 5.89. The van der Waals surface area contributed by atoms with E-state index in [2.05, 4.69) is 22.7 Å². The zero-order valence-electron chi connectivity index (χ0n) is 15.0. The topological polar surface area (TPSA) is 50.9 Å². The van der Waals surface area contributed by atoms with Crippen LogP contribution in [0.2, 0.25) is 0 Å². The molecule has 1 N–H and O–H groups in total. The molecule has 1 aromatic carbocycles. The molecule has 0 aliphatic heterocycles. The summed E-state index contributed by atoms with van der Waals surface area (Å²) in [6.45, 7) is 7.76.